The number of hydrazone groups is 1. The van der Waals surface area contributed by atoms with Crippen LogP contribution in [0.15, 0.2) is 59.7 Å². The number of para-hydroxylation sites is 2. The van der Waals surface area contributed by atoms with Gasteiger partial charge in [0.2, 0.25) is 0 Å². The topological polar surface area (TPSA) is 88.6 Å². The van der Waals surface area contributed by atoms with Crippen molar-refractivity contribution >= 4 is 12.1 Å². The van der Waals surface area contributed by atoms with Crippen LogP contribution in [0.2, 0.25) is 0 Å². The first-order valence-corrected chi connectivity index (χ1v) is 9.05. The molecule has 0 unspecified atom stereocenters. The van der Waals surface area contributed by atoms with Crippen molar-refractivity contribution in [2.24, 2.45) is 5.10 Å². The molecule has 0 fully saturated rings. The van der Waals surface area contributed by atoms with Gasteiger partial charge in [0.15, 0.2) is 0 Å². The zero-order valence-electron chi connectivity index (χ0n) is 15.8. The van der Waals surface area contributed by atoms with E-state index in [0.29, 0.717) is 36.1 Å². The summed E-state index contributed by atoms with van der Waals surface area (Å²) in [5.41, 5.74) is 5.01. The predicted octanol–water partition coefficient (Wildman–Crippen LogP) is 3.64. The van der Waals surface area contributed by atoms with Gasteiger partial charge >= 0.3 is 0 Å². The van der Waals surface area contributed by atoms with Crippen LogP contribution in [-0.2, 0) is 0 Å². The van der Waals surface area contributed by atoms with Crippen LogP contribution in [0.4, 0.5) is 0 Å². The molecule has 0 aliphatic heterocycles. The smallest absolute Gasteiger partial charge is 0.289 e. The van der Waals surface area contributed by atoms with Gasteiger partial charge in [0.1, 0.15) is 17.2 Å². The van der Waals surface area contributed by atoms with E-state index in [-0.39, 0.29) is 0 Å². The van der Waals surface area contributed by atoms with Gasteiger partial charge in [-0.3, -0.25) is 9.89 Å². The van der Waals surface area contributed by atoms with E-state index in [4.69, 9.17) is 9.47 Å². The minimum atomic E-state index is -0.391. The number of aromatic amines is 1. The molecule has 3 rings (SSSR count). The van der Waals surface area contributed by atoms with Gasteiger partial charge in [0.05, 0.1) is 25.1 Å². The molecular weight excluding hydrogens is 356 g/mol. The van der Waals surface area contributed by atoms with Crippen molar-refractivity contribution in [2.75, 3.05) is 13.2 Å². The van der Waals surface area contributed by atoms with Gasteiger partial charge < -0.3 is 9.47 Å². The summed E-state index contributed by atoms with van der Waals surface area (Å²) in [5.74, 6) is 1.03. The third-order valence-corrected chi connectivity index (χ3v) is 3.87. The van der Waals surface area contributed by atoms with E-state index in [0.717, 1.165) is 11.1 Å². The Morgan fingerprint density at radius 1 is 1.07 bits per heavy atom. The van der Waals surface area contributed by atoms with E-state index < -0.39 is 5.91 Å². The minimum Gasteiger partial charge on any atom is -0.493 e. The van der Waals surface area contributed by atoms with Gasteiger partial charge in [0, 0.05) is 11.1 Å². The average molecular weight is 378 g/mol. The van der Waals surface area contributed by atoms with Gasteiger partial charge in [0.25, 0.3) is 5.91 Å². The summed E-state index contributed by atoms with van der Waals surface area (Å²) < 4.78 is 11.1. The summed E-state index contributed by atoms with van der Waals surface area (Å²) in [4.78, 5) is 12.3. The van der Waals surface area contributed by atoms with Crippen LogP contribution < -0.4 is 14.9 Å². The highest BCUT2D eigenvalue weighted by Gasteiger charge is 2.13. The summed E-state index contributed by atoms with van der Waals surface area (Å²) in [6.07, 6.45) is 1.55. The third kappa shape index (κ3) is 4.56. The van der Waals surface area contributed by atoms with Gasteiger partial charge in [-0.1, -0.05) is 24.3 Å². The average Bonchev–Trinajstić information content (AvgIpc) is 3.20. The highest BCUT2D eigenvalue weighted by Crippen LogP contribution is 2.28. The molecular formula is C21H22N4O3. The number of amides is 1. The first-order chi connectivity index (χ1) is 13.7. The van der Waals surface area contributed by atoms with E-state index in [1.54, 1.807) is 12.3 Å². The van der Waals surface area contributed by atoms with Crippen LogP contribution in [0.25, 0.3) is 11.3 Å². The summed E-state index contributed by atoms with van der Waals surface area (Å²) >= 11 is 0. The molecule has 2 aromatic carbocycles. The second-order valence-corrected chi connectivity index (χ2v) is 5.77. The van der Waals surface area contributed by atoms with Gasteiger partial charge in [-0.25, -0.2) is 5.43 Å². The van der Waals surface area contributed by atoms with E-state index in [1.165, 1.54) is 0 Å². The maximum atomic E-state index is 12.3. The van der Waals surface area contributed by atoms with Crippen LogP contribution in [0.5, 0.6) is 11.5 Å². The van der Waals surface area contributed by atoms with Crippen LogP contribution in [0.3, 0.4) is 0 Å². The predicted molar refractivity (Wildman–Crippen MR) is 108 cm³/mol. The zero-order valence-corrected chi connectivity index (χ0v) is 15.8. The fourth-order valence-corrected chi connectivity index (χ4v) is 2.63. The largest absolute Gasteiger partial charge is 0.493 e. The molecule has 0 saturated heterocycles. The number of benzene rings is 2. The number of ether oxygens (including phenoxy) is 2. The molecule has 7 nitrogen and oxygen atoms in total. The molecule has 3 aromatic rings. The molecule has 1 aromatic heterocycles. The Kier molecular flexibility index (Phi) is 6.41. The molecule has 0 atom stereocenters. The minimum absolute atomic E-state index is 0.302. The van der Waals surface area contributed by atoms with Crippen LogP contribution in [0, 0.1) is 0 Å². The van der Waals surface area contributed by atoms with Crippen molar-refractivity contribution in [3.05, 3.63) is 65.9 Å². The Hall–Kier alpha value is -3.61. The lowest BCUT2D eigenvalue weighted by molar-refractivity contribution is 0.0950. The van der Waals surface area contributed by atoms with E-state index in [2.05, 4.69) is 20.7 Å². The SMILES string of the molecule is CCOc1ccccc1C=NNC(=O)c1cc(-c2ccccc2OCC)n[nH]1. The van der Waals surface area contributed by atoms with Gasteiger partial charge in [-0.05, 0) is 44.2 Å². The summed E-state index contributed by atoms with van der Waals surface area (Å²) in [7, 11) is 0. The Morgan fingerprint density at radius 3 is 2.54 bits per heavy atom. The highest BCUT2D eigenvalue weighted by molar-refractivity contribution is 5.94. The number of H-pyrrole nitrogens is 1. The number of carbonyl (C=O) groups excluding carboxylic acids is 1. The Morgan fingerprint density at radius 2 is 1.75 bits per heavy atom. The normalized spacial score (nSPS) is 10.8. The quantitative estimate of drug-likeness (QED) is 0.463. The third-order valence-electron chi connectivity index (χ3n) is 3.87. The second kappa shape index (κ2) is 9.36. The monoisotopic (exact) mass is 378 g/mol. The molecule has 0 aliphatic carbocycles. The summed E-state index contributed by atoms with van der Waals surface area (Å²) in [6, 6.07) is 16.7. The standard InChI is InChI=1S/C21H22N4O3/c1-3-27-19-11-7-5-9-15(19)14-22-25-21(26)18-13-17(23-24-18)16-10-6-8-12-20(16)28-4-2/h5-14H,3-4H2,1-2H3,(H,23,24)(H,25,26). The number of aromatic nitrogens is 2. The molecule has 0 bridgehead atoms. The fraction of sp³-hybridized carbons (Fsp3) is 0.190. The summed E-state index contributed by atoms with van der Waals surface area (Å²) in [6.45, 7) is 4.93. The molecule has 2 N–H and O–H groups in total. The number of hydrogen-bond acceptors (Lipinski definition) is 5. The Balaban J connectivity index is 1.70. The van der Waals surface area contributed by atoms with E-state index >= 15 is 0 Å². The Bertz CT molecular complexity index is 966. The van der Waals surface area contributed by atoms with Gasteiger partial charge in [-0.2, -0.15) is 10.2 Å². The van der Waals surface area contributed by atoms with Gasteiger partial charge in [-0.15, -0.1) is 0 Å². The van der Waals surface area contributed by atoms with E-state index in [9.17, 15) is 4.79 Å². The van der Waals surface area contributed by atoms with Crippen molar-refractivity contribution in [3.8, 4) is 22.8 Å². The first-order valence-electron chi connectivity index (χ1n) is 9.05. The molecule has 0 spiro atoms. The number of nitrogens with one attached hydrogen (secondary N) is 2. The first kappa shape index (κ1) is 19.2. The lowest BCUT2D eigenvalue weighted by Gasteiger charge is -2.07. The fourth-order valence-electron chi connectivity index (χ4n) is 2.63. The van der Waals surface area contributed by atoms with Crippen LogP contribution in [0.1, 0.15) is 29.9 Å². The van der Waals surface area contributed by atoms with Crippen LogP contribution >= 0.6 is 0 Å². The number of nitrogens with zero attached hydrogens (tertiary/aromatic N) is 2. The highest BCUT2D eigenvalue weighted by atomic mass is 16.5. The molecule has 1 amide bonds. The van der Waals surface area contributed by atoms with Crippen molar-refractivity contribution in [3.63, 3.8) is 0 Å². The summed E-state index contributed by atoms with van der Waals surface area (Å²) in [5, 5.41) is 11.0. The van der Waals surface area contributed by atoms with Crippen molar-refractivity contribution in [2.45, 2.75) is 13.8 Å². The number of carbonyl (C=O) groups is 1. The lowest BCUT2D eigenvalue weighted by Crippen LogP contribution is -2.18. The maximum absolute atomic E-state index is 12.3. The van der Waals surface area contributed by atoms with Crippen molar-refractivity contribution < 1.29 is 14.3 Å². The molecule has 7 heteroatoms. The lowest BCUT2D eigenvalue weighted by atomic mass is 10.1. The molecule has 0 saturated carbocycles. The van der Waals surface area contributed by atoms with E-state index in [1.807, 2.05) is 62.4 Å². The molecule has 28 heavy (non-hydrogen) atoms. The molecule has 0 aliphatic rings. The zero-order chi connectivity index (χ0) is 19.8. The second-order valence-electron chi connectivity index (χ2n) is 5.77. The van der Waals surface area contributed by atoms with Crippen LogP contribution in [-0.4, -0.2) is 35.5 Å². The molecule has 1 heterocycles. The molecule has 144 valence electrons. The maximum Gasteiger partial charge on any atom is 0.289 e. The van der Waals surface area contributed by atoms with Crippen molar-refractivity contribution in [1.82, 2.24) is 15.6 Å². The Labute approximate surface area is 163 Å². The number of hydrogen-bond donors (Lipinski definition) is 2. The van der Waals surface area contributed by atoms with Crippen molar-refractivity contribution in [1.29, 1.82) is 0 Å². The molecule has 0 radical (unpaired) electrons. The number of rotatable bonds is 8.